The van der Waals surface area contributed by atoms with Crippen molar-refractivity contribution in [2.45, 2.75) is 32.2 Å². The summed E-state index contributed by atoms with van der Waals surface area (Å²) in [6, 6.07) is 0.225. The van der Waals surface area contributed by atoms with Crippen LogP contribution in [0, 0.1) is 11.8 Å². The topological polar surface area (TPSA) is 57.6 Å². The van der Waals surface area contributed by atoms with Crippen molar-refractivity contribution in [1.82, 2.24) is 4.90 Å². The largest absolute Gasteiger partial charge is 0.481 e. The van der Waals surface area contributed by atoms with Crippen LogP contribution < -0.4 is 0 Å². The maximum Gasteiger partial charge on any atom is 0.305 e. The highest BCUT2D eigenvalue weighted by atomic mass is 16.4. The first-order valence-corrected chi connectivity index (χ1v) is 4.60. The molecule has 0 saturated heterocycles. The Labute approximate surface area is 82.9 Å². The van der Waals surface area contributed by atoms with E-state index >= 15 is 0 Å². The number of carbonyl (C=O) groups excluding carboxylic acids is 1. The van der Waals surface area contributed by atoms with E-state index in [1.165, 1.54) is 0 Å². The van der Waals surface area contributed by atoms with Gasteiger partial charge in [-0.1, -0.05) is 5.92 Å². The highest BCUT2D eigenvalue weighted by molar-refractivity contribution is 5.94. The molecule has 0 aromatic heterocycles. The molecule has 4 nitrogen and oxygen atoms in total. The fourth-order valence-electron chi connectivity index (χ4n) is 1.23. The van der Waals surface area contributed by atoms with Gasteiger partial charge in [0.15, 0.2) is 0 Å². The summed E-state index contributed by atoms with van der Waals surface area (Å²) in [6.07, 6.45) is 1.93. The highest BCUT2D eigenvalue weighted by Gasteiger charge is 2.31. The number of amides is 1. The Morgan fingerprint density at radius 1 is 1.50 bits per heavy atom. The Hall–Kier alpha value is -1.50. The number of carboxylic acids is 1. The summed E-state index contributed by atoms with van der Waals surface area (Å²) in [4.78, 5) is 23.3. The minimum atomic E-state index is -0.882. The molecule has 0 aliphatic heterocycles. The van der Waals surface area contributed by atoms with Gasteiger partial charge in [0.2, 0.25) is 0 Å². The van der Waals surface area contributed by atoms with Crippen LogP contribution >= 0.6 is 0 Å². The van der Waals surface area contributed by atoms with Gasteiger partial charge < -0.3 is 10.0 Å². The predicted molar refractivity (Wildman–Crippen MR) is 50.4 cm³/mol. The molecule has 0 aromatic carbocycles. The first kappa shape index (κ1) is 10.6. The summed E-state index contributed by atoms with van der Waals surface area (Å²) >= 11 is 0. The molecule has 0 atom stereocenters. The molecule has 1 rings (SSSR count). The first-order valence-electron chi connectivity index (χ1n) is 4.60. The molecule has 1 N–H and O–H groups in total. The van der Waals surface area contributed by atoms with Crippen molar-refractivity contribution >= 4 is 11.9 Å². The fraction of sp³-hybridized carbons (Fsp3) is 0.600. The second kappa shape index (κ2) is 4.66. The van der Waals surface area contributed by atoms with E-state index < -0.39 is 5.97 Å². The quantitative estimate of drug-likeness (QED) is 0.663. The third-order valence-corrected chi connectivity index (χ3v) is 2.05. The van der Waals surface area contributed by atoms with Crippen LogP contribution in [0.1, 0.15) is 26.2 Å². The van der Waals surface area contributed by atoms with Crippen LogP contribution in [0.2, 0.25) is 0 Å². The van der Waals surface area contributed by atoms with Crippen LogP contribution in [0.4, 0.5) is 0 Å². The van der Waals surface area contributed by atoms with Crippen molar-refractivity contribution in [3.8, 4) is 11.8 Å². The molecule has 1 saturated carbocycles. The normalized spacial score (nSPS) is 14.1. The molecule has 1 aliphatic rings. The highest BCUT2D eigenvalue weighted by Crippen LogP contribution is 2.26. The average Bonchev–Trinajstić information content (AvgIpc) is 2.88. The number of hydrogen-bond acceptors (Lipinski definition) is 2. The Balaban J connectivity index is 2.49. The number of hydrogen-bond donors (Lipinski definition) is 1. The van der Waals surface area contributed by atoms with E-state index in [0.29, 0.717) is 0 Å². The molecule has 0 heterocycles. The lowest BCUT2D eigenvalue weighted by atomic mass is 10.3. The van der Waals surface area contributed by atoms with E-state index in [4.69, 9.17) is 5.11 Å². The van der Waals surface area contributed by atoms with Crippen molar-refractivity contribution < 1.29 is 14.7 Å². The Bertz CT molecular complexity index is 296. The average molecular weight is 195 g/mol. The van der Waals surface area contributed by atoms with Gasteiger partial charge in [-0.15, -0.1) is 0 Å². The van der Waals surface area contributed by atoms with Gasteiger partial charge in [0.1, 0.15) is 0 Å². The molecule has 14 heavy (non-hydrogen) atoms. The van der Waals surface area contributed by atoms with Crippen molar-refractivity contribution in [3.05, 3.63) is 0 Å². The van der Waals surface area contributed by atoms with Crippen LogP contribution in [0.15, 0.2) is 0 Å². The van der Waals surface area contributed by atoms with Crippen molar-refractivity contribution in [2.75, 3.05) is 6.54 Å². The van der Waals surface area contributed by atoms with Gasteiger partial charge in [-0.05, 0) is 25.7 Å². The van der Waals surface area contributed by atoms with Crippen molar-refractivity contribution in [1.29, 1.82) is 0 Å². The first-order chi connectivity index (χ1) is 6.65. The Morgan fingerprint density at radius 3 is 2.57 bits per heavy atom. The Morgan fingerprint density at radius 2 is 2.14 bits per heavy atom. The van der Waals surface area contributed by atoms with E-state index in [0.717, 1.165) is 12.8 Å². The van der Waals surface area contributed by atoms with Crippen LogP contribution in [-0.2, 0) is 9.59 Å². The number of carbonyl (C=O) groups is 2. The number of rotatable bonds is 4. The number of nitrogens with zero attached hydrogens (tertiary/aromatic N) is 1. The molecule has 1 amide bonds. The molecular weight excluding hydrogens is 182 g/mol. The van der Waals surface area contributed by atoms with E-state index in [9.17, 15) is 9.59 Å². The van der Waals surface area contributed by atoms with Gasteiger partial charge in [-0.3, -0.25) is 9.59 Å². The Kier molecular flexibility index (Phi) is 3.52. The molecule has 0 unspecified atom stereocenters. The zero-order chi connectivity index (χ0) is 10.6. The molecule has 0 bridgehead atoms. The molecular formula is C10H13NO3. The number of aliphatic carboxylic acids is 1. The van der Waals surface area contributed by atoms with Gasteiger partial charge in [-0.2, -0.15) is 0 Å². The van der Waals surface area contributed by atoms with Gasteiger partial charge in [0.25, 0.3) is 5.91 Å². The van der Waals surface area contributed by atoms with Crippen molar-refractivity contribution in [2.24, 2.45) is 0 Å². The summed E-state index contributed by atoms with van der Waals surface area (Å²) in [5.74, 6) is 3.83. The summed E-state index contributed by atoms with van der Waals surface area (Å²) in [5, 5.41) is 8.50. The minimum Gasteiger partial charge on any atom is -0.481 e. The van der Waals surface area contributed by atoms with Crippen LogP contribution in [0.5, 0.6) is 0 Å². The summed E-state index contributed by atoms with van der Waals surface area (Å²) < 4.78 is 0. The lowest BCUT2D eigenvalue weighted by Crippen LogP contribution is -2.33. The minimum absolute atomic E-state index is 0.00632. The van der Waals surface area contributed by atoms with Crippen molar-refractivity contribution in [3.63, 3.8) is 0 Å². The third kappa shape index (κ3) is 3.09. The maximum absolute atomic E-state index is 11.4. The molecule has 4 heteroatoms. The molecule has 76 valence electrons. The molecule has 1 fully saturated rings. The summed E-state index contributed by atoms with van der Waals surface area (Å²) in [6.45, 7) is 1.87. The van der Waals surface area contributed by atoms with Gasteiger partial charge in [0, 0.05) is 12.6 Å². The summed E-state index contributed by atoms with van der Waals surface area (Å²) in [7, 11) is 0. The summed E-state index contributed by atoms with van der Waals surface area (Å²) in [5.41, 5.74) is 0. The molecule has 0 radical (unpaired) electrons. The van der Waals surface area contributed by atoms with Crippen LogP contribution in [0.25, 0.3) is 0 Å². The fourth-order valence-corrected chi connectivity index (χ4v) is 1.23. The lowest BCUT2D eigenvalue weighted by Gasteiger charge is -2.18. The number of carboxylic acid groups (broad SMARTS) is 1. The third-order valence-electron chi connectivity index (χ3n) is 2.05. The smallest absolute Gasteiger partial charge is 0.305 e. The van der Waals surface area contributed by atoms with Gasteiger partial charge in [0.05, 0.1) is 6.42 Å². The molecule has 0 aromatic rings. The SMILES string of the molecule is CC#CC(=O)N(CCC(=O)O)C1CC1. The standard InChI is InChI=1S/C10H13NO3/c1-2-3-9(12)11(8-4-5-8)7-6-10(13)14/h8H,4-7H2,1H3,(H,13,14). The monoisotopic (exact) mass is 195 g/mol. The second-order valence-electron chi connectivity index (χ2n) is 3.25. The van der Waals surface area contributed by atoms with E-state index in [-0.39, 0.29) is 24.9 Å². The van der Waals surface area contributed by atoms with E-state index in [1.54, 1.807) is 11.8 Å². The van der Waals surface area contributed by atoms with E-state index in [1.807, 2.05) is 0 Å². The molecule has 0 spiro atoms. The zero-order valence-electron chi connectivity index (χ0n) is 8.12. The van der Waals surface area contributed by atoms with Gasteiger partial charge in [-0.25, -0.2) is 0 Å². The maximum atomic E-state index is 11.4. The second-order valence-corrected chi connectivity index (χ2v) is 3.25. The molecule has 1 aliphatic carbocycles. The van der Waals surface area contributed by atoms with E-state index in [2.05, 4.69) is 11.8 Å². The van der Waals surface area contributed by atoms with Crippen LogP contribution in [-0.4, -0.2) is 34.5 Å². The van der Waals surface area contributed by atoms with Gasteiger partial charge >= 0.3 is 5.97 Å². The van der Waals surface area contributed by atoms with Crippen LogP contribution in [0.3, 0.4) is 0 Å². The zero-order valence-corrected chi connectivity index (χ0v) is 8.12. The predicted octanol–water partition coefficient (Wildman–Crippen LogP) is 0.475. The lowest BCUT2D eigenvalue weighted by molar-refractivity contribution is -0.138.